The molecule has 0 aromatic heterocycles. The highest BCUT2D eigenvalue weighted by Crippen LogP contribution is 2.36. The molecule has 1 fully saturated rings. The van der Waals surface area contributed by atoms with Crippen molar-refractivity contribution in [2.45, 2.75) is 38.6 Å². The van der Waals surface area contributed by atoms with Crippen LogP contribution < -0.4 is 5.32 Å². The second-order valence-corrected chi connectivity index (χ2v) is 5.16. The predicted molar refractivity (Wildman–Crippen MR) is 69.8 cm³/mol. The summed E-state index contributed by atoms with van der Waals surface area (Å²) in [5.41, 5.74) is 1.12. The van der Waals surface area contributed by atoms with Crippen molar-refractivity contribution in [3.8, 4) is 0 Å². The first-order valence-corrected chi connectivity index (χ1v) is 6.78. The number of benzene rings is 1. The molecule has 0 spiro atoms. The van der Waals surface area contributed by atoms with Crippen LogP contribution in [0.5, 0.6) is 0 Å². The van der Waals surface area contributed by atoms with E-state index in [1.54, 1.807) is 6.07 Å². The van der Waals surface area contributed by atoms with Gasteiger partial charge in [0, 0.05) is 6.04 Å². The Morgan fingerprint density at radius 1 is 1.41 bits per heavy atom. The Balaban J connectivity index is 2.21. The third-order valence-corrected chi connectivity index (χ3v) is 3.89. The molecule has 1 aromatic rings. The summed E-state index contributed by atoms with van der Waals surface area (Å²) < 4.78 is 13.2. The standard InChI is InChI=1S/C14H19ClFN/c1-2-17-14(10-5-3-4-6-10)11-7-8-13(16)12(15)9-11/h7-10,14,17H,2-6H2,1H3. The Kier molecular flexibility index (Phi) is 4.41. The molecule has 0 amide bonds. The lowest BCUT2D eigenvalue weighted by Gasteiger charge is -2.25. The lowest BCUT2D eigenvalue weighted by molar-refractivity contribution is 0.374. The fraction of sp³-hybridized carbons (Fsp3) is 0.571. The molecular weight excluding hydrogens is 237 g/mol. The SMILES string of the molecule is CCNC(c1ccc(F)c(Cl)c1)C1CCCC1. The van der Waals surface area contributed by atoms with Crippen LogP contribution in [0.15, 0.2) is 18.2 Å². The average Bonchev–Trinajstić information content (AvgIpc) is 2.83. The van der Waals surface area contributed by atoms with Gasteiger partial charge in [0.25, 0.3) is 0 Å². The minimum atomic E-state index is -0.336. The van der Waals surface area contributed by atoms with Crippen molar-refractivity contribution in [1.82, 2.24) is 5.32 Å². The first-order valence-electron chi connectivity index (χ1n) is 6.40. The van der Waals surface area contributed by atoms with Gasteiger partial charge < -0.3 is 5.32 Å². The van der Waals surface area contributed by atoms with Gasteiger partial charge in [0.05, 0.1) is 5.02 Å². The van der Waals surface area contributed by atoms with Gasteiger partial charge in [-0.1, -0.05) is 37.4 Å². The molecule has 94 valence electrons. The second kappa shape index (κ2) is 5.83. The van der Waals surface area contributed by atoms with Gasteiger partial charge in [-0.05, 0) is 43.0 Å². The normalized spacial score (nSPS) is 18.5. The van der Waals surface area contributed by atoms with E-state index in [1.807, 2.05) is 6.07 Å². The van der Waals surface area contributed by atoms with Gasteiger partial charge in [0.15, 0.2) is 0 Å². The fourth-order valence-electron chi connectivity index (χ4n) is 2.77. The Hall–Kier alpha value is -0.600. The number of hydrogen-bond acceptors (Lipinski definition) is 1. The zero-order chi connectivity index (χ0) is 12.3. The maximum atomic E-state index is 13.2. The number of rotatable bonds is 4. The van der Waals surface area contributed by atoms with E-state index in [0.29, 0.717) is 12.0 Å². The van der Waals surface area contributed by atoms with Gasteiger partial charge >= 0.3 is 0 Å². The summed E-state index contributed by atoms with van der Waals surface area (Å²) >= 11 is 5.86. The summed E-state index contributed by atoms with van der Waals surface area (Å²) in [4.78, 5) is 0. The van der Waals surface area contributed by atoms with Crippen molar-refractivity contribution < 1.29 is 4.39 Å². The molecule has 0 heterocycles. The highest BCUT2D eigenvalue weighted by molar-refractivity contribution is 6.30. The molecular formula is C14H19ClFN. The molecule has 17 heavy (non-hydrogen) atoms. The van der Waals surface area contributed by atoms with Crippen LogP contribution in [-0.2, 0) is 0 Å². The van der Waals surface area contributed by atoms with Crippen LogP contribution >= 0.6 is 11.6 Å². The summed E-state index contributed by atoms with van der Waals surface area (Å²) in [5.74, 6) is 0.327. The highest BCUT2D eigenvalue weighted by atomic mass is 35.5. The Morgan fingerprint density at radius 2 is 2.12 bits per heavy atom. The van der Waals surface area contributed by atoms with Crippen LogP contribution in [0.25, 0.3) is 0 Å². The van der Waals surface area contributed by atoms with E-state index < -0.39 is 0 Å². The molecule has 2 rings (SSSR count). The van der Waals surface area contributed by atoms with Crippen molar-refractivity contribution in [3.05, 3.63) is 34.6 Å². The lowest BCUT2D eigenvalue weighted by atomic mass is 9.91. The van der Waals surface area contributed by atoms with Crippen molar-refractivity contribution in [2.75, 3.05) is 6.54 Å². The van der Waals surface area contributed by atoms with Crippen molar-refractivity contribution in [1.29, 1.82) is 0 Å². The van der Waals surface area contributed by atoms with Gasteiger partial charge in [-0.2, -0.15) is 0 Å². The summed E-state index contributed by atoms with van der Waals surface area (Å²) in [6, 6.07) is 5.41. The number of halogens is 2. The second-order valence-electron chi connectivity index (χ2n) is 4.75. The molecule has 0 aliphatic heterocycles. The van der Waals surface area contributed by atoms with Gasteiger partial charge in [0.1, 0.15) is 5.82 Å². The third-order valence-electron chi connectivity index (χ3n) is 3.60. The summed E-state index contributed by atoms with van der Waals surface area (Å²) in [6.07, 6.45) is 5.13. The molecule has 0 radical (unpaired) electrons. The molecule has 3 heteroatoms. The first kappa shape index (κ1) is 12.8. The molecule has 1 aliphatic rings. The van der Waals surface area contributed by atoms with E-state index in [9.17, 15) is 4.39 Å². The fourth-order valence-corrected chi connectivity index (χ4v) is 2.96. The maximum Gasteiger partial charge on any atom is 0.141 e. The van der Waals surface area contributed by atoms with E-state index in [1.165, 1.54) is 31.7 Å². The van der Waals surface area contributed by atoms with Crippen LogP contribution in [0, 0.1) is 11.7 Å². The molecule has 1 aromatic carbocycles. The van der Waals surface area contributed by atoms with Crippen LogP contribution in [0.2, 0.25) is 5.02 Å². The van der Waals surface area contributed by atoms with E-state index >= 15 is 0 Å². The Bertz CT molecular complexity index is 374. The van der Waals surface area contributed by atoms with Crippen molar-refractivity contribution in [3.63, 3.8) is 0 Å². The lowest BCUT2D eigenvalue weighted by Crippen LogP contribution is -2.27. The van der Waals surface area contributed by atoms with Crippen LogP contribution in [0.3, 0.4) is 0 Å². The van der Waals surface area contributed by atoms with Crippen LogP contribution in [0.4, 0.5) is 4.39 Å². The monoisotopic (exact) mass is 255 g/mol. The van der Waals surface area contributed by atoms with E-state index in [0.717, 1.165) is 12.1 Å². The number of hydrogen-bond donors (Lipinski definition) is 1. The zero-order valence-corrected chi connectivity index (χ0v) is 10.9. The molecule has 1 unspecified atom stereocenters. The number of nitrogens with one attached hydrogen (secondary N) is 1. The van der Waals surface area contributed by atoms with E-state index in [-0.39, 0.29) is 10.8 Å². The van der Waals surface area contributed by atoms with Crippen molar-refractivity contribution >= 4 is 11.6 Å². The van der Waals surface area contributed by atoms with Crippen LogP contribution in [-0.4, -0.2) is 6.54 Å². The van der Waals surface area contributed by atoms with Gasteiger partial charge in [-0.3, -0.25) is 0 Å². The molecule has 0 saturated heterocycles. The minimum Gasteiger partial charge on any atom is -0.310 e. The molecule has 1 aliphatic carbocycles. The first-order chi connectivity index (χ1) is 8.22. The molecule has 0 bridgehead atoms. The van der Waals surface area contributed by atoms with Gasteiger partial charge in [0.2, 0.25) is 0 Å². The molecule has 1 nitrogen and oxygen atoms in total. The Morgan fingerprint density at radius 3 is 2.71 bits per heavy atom. The maximum absolute atomic E-state index is 13.2. The van der Waals surface area contributed by atoms with Crippen LogP contribution in [0.1, 0.15) is 44.2 Å². The largest absolute Gasteiger partial charge is 0.310 e. The molecule has 1 saturated carbocycles. The molecule has 1 atom stereocenters. The topological polar surface area (TPSA) is 12.0 Å². The van der Waals surface area contributed by atoms with Gasteiger partial charge in [-0.15, -0.1) is 0 Å². The summed E-state index contributed by atoms with van der Waals surface area (Å²) in [5, 5.41) is 3.73. The zero-order valence-electron chi connectivity index (χ0n) is 10.2. The summed E-state index contributed by atoms with van der Waals surface area (Å²) in [6.45, 7) is 3.03. The minimum absolute atomic E-state index is 0.225. The summed E-state index contributed by atoms with van der Waals surface area (Å²) in [7, 11) is 0. The molecule has 1 N–H and O–H groups in total. The third kappa shape index (κ3) is 2.99. The predicted octanol–water partition coefficient (Wildman–Crippen LogP) is 4.32. The van der Waals surface area contributed by atoms with E-state index in [4.69, 9.17) is 11.6 Å². The quantitative estimate of drug-likeness (QED) is 0.845. The van der Waals surface area contributed by atoms with E-state index in [2.05, 4.69) is 12.2 Å². The van der Waals surface area contributed by atoms with Gasteiger partial charge in [-0.25, -0.2) is 4.39 Å². The Labute approximate surface area is 107 Å². The highest BCUT2D eigenvalue weighted by Gasteiger charge is 2.25. The van der Waals surface area contributed by atoms with Crippen molar-refractivity contribution in [2.24, 2.45) is 5.92 Å². The smallest absolute Gasteiger partial charge is 0.141 e. The average molecular weight is 256 g/mol.